The Morgan fingerprint density at radius 1 is 1.36 bits per heavy atom. The Kier molecular flexibility index (Phi) is 5.70. The summed E-state index contributed by atoms with van der Waals surface area (Å²) < 4.78 is 10.4. The van der Waals surface area contributed by atoms with E-state index in [-0.39, 0.29) is 29.6 Å². The molecule has 2 aliphatic rings. The number of aromatic nitrogens is 1. The van der Waals surface area contributed by atoms with Crippen molar-refractivity contribution < 1.29 is 18.8 Å². The fourth-order valence-corrected chi connectivity index (χ4v) is 3.67. The average Bonchev–Trinajstić information content (AvgIpc) is 3.22. The van der Waals surface area contributed by atoms with E-state index in [1.54, 1.807) is 13.0 Å². The molecule has 3 rings (SSSR count). The number of nitrogens with one attached hydrogen (secondary N) is 2. The van der Waals surface area contributed by atoms with E-state index in [2.05, 4.69) is 20.7 Å². The molecule has 3 heterocycles. The Hall–Kier alpha value is -1.93. The van der Waals surface area contributed by atoms with E-state index < -0.39 is 0 Å². The Balaban J connectivity index is 1.67. The van der Waals surface area contributed by atoms with E-state index in [1.165, 1.54) is 0 Å². The molecule has 138 valence electrons. The molecule has 2 N–H and O–H groups in total. The zero-order chi connectivity index (χ0) is 17.8. The van der Waals surface area contributed by atoms with Crippen molar-refractivity contribution in [3.8, 4) is 0 Å². The Bertz CT molecular complexity index is 612. The quantitative estimate of drug-likeness (QED) is 0.801. The summed E-state index contributed by atoms with van der Waals surface area (Å²) in [6.45, 7) is 6.37. The van der Waals surface area contributed by atoms with Crippen LogP contribution in [0.2, 0.25) is 0 Å². The third-order valence-corrected chi connectivity index (χ3v) is 4.85. The largest absolute Gasteiger partial charge is 0.381 e. The zero-order valence-electron chi connectivity index (χ0n) is 14.8. The minimum Gasteiger partial charge on any atom is -0.381 e. The number of rotatable bonds is 5. The highest BCUT2D eigenvalue weighted by Gasteiger charge is 2.41. The van der Waals surface area contributed by atoms with Crippen molar-refractivity contribution >= 4 is 11.8 Å². The fourth-order valence-electron chi connectivity index (χ4n) is 3.67. The lowest BCUT2D eigenvalue weighted by Gasteiger charge is -2.34. The third-order valence-electron chi connectivity index (χ3n) is 4.85. The molecule has 0 aliphatic carbocycles. The molecular formula is C17H26N4O4. The normalized spacial score (nSPS) is 25.0. The third kappa shape index (κ3) is 4.19. The van der Waals surface area contributed by atoms with Crippen molar-refractivity contribution in [2.45, 2.75) is 51.2 Å². The SMILES string of the molecule is CCNC(=O)[C@@H]1C[C@H](NC(=O)c2cc(C)on2)CN1C1CCOCC1. The maximum atomic E-state index is 12.5. The van der Waals surface area contributed by atoms with Crippen LogP contribution in [0.5, 0.6) is 0 Å². The van der Waals surface area contributed by atoms with Gasteiger partial charge in [-0.2, -0.15) is 0 Å². The number of nitrogens with zero attached hydrogens (tertiary/aromatic N) is 2. The average molecular weight is 350 g/mol. The molecule has 25 heavy (non-hydrogen) atoms. The molecular weight excluding hydrogens is 324 g/mol. The van der Waals surface area contributed by atoms with Crippen LogP contribution in [-0.2, 0) is 9.53 Å². The van der Waals surface area contributed by atoms with Crippen LogP contribution < -0.4 is 10.6 Å². The number of hydrogen-bond donors (Lipinski definition) is 2. The highest BCUT2D eigenvalue weighted by atomic mass is 16.5. The summed E-state index contributed by atoms with van der Waals surface area (Å²) in [6, 6.07) is 1.63. The maximum absolute atomic E-state index is 12.5. The van der Waals surface area contributed by atoms with Crippen molar-refractivity contribution in [3.05, 3.63) is 17.5 Å². The van der Waals surface area contributed by atoms with Crippen LogP contribution >= 0.6 is 0 Å². The van der Waals surface area contributed by atoms with Gasteiger partial charge in [0.25, 0.3) is 5.91 Å². The van der Waals surface area contributed by atoms with Gasteiger partial charge >= 0.3 is 0 Å². The molecule has 2 amide bonds. The summed E-state index contributed by atoms with van der Waals surface area (Å²) in [5.41, 5.74) is 0.275. The second kappa shape index (κ2) is 7.97. The number of hydrogen-bond acceptors (Lipinski definition) is 6. The van der Waals surface area contributed by atoms with E-state index in [9.17, 15) is 9.59 Å². The highest BCUT2D eigenvalue weighted by Crippen LogP contribution is 2.26. The maximum Gasteiger partial charge on any atom is 0.273 e. The molecule has 0 saturated carbocycles. The molecule has 0 bridgehead atoms. The number of likely N-dealkylation sites (tertiary alicyclic amines) is 1. The standard InChI is InChI=1S/C17H26N4O4/c1-3-18-17(23)15-9-12(10-21(15)13-4-6-24-7-5-13)19-16(22)14-8-11(2)25-20-14/h8,12-13,15H,3-7,9-10H2,1-2H3,(H,18,23)(H,19,22)/t12-,15-/m0/s1. The van der Waals surface area contributed by atoms with Crippen LogP contribution in [0.3, 0.4) is 0 Å². The first-order valence-corrected chi connectivity index (χ1v) is 8.94. The minimum absolute atomic E-state index is 0.0306. The summed E-state index contributed by atoms with van der Waals surface area (Å²) in [7, 11) is 0. The monoisotopic (exact) mass is 350 g/mol. The van der Waals surface area contributed by atoms with Crippen LogP contribution in [0.1, 0.15) is 42.4 Å². The number of amides is 2. The Morgan fingerprint density at radius 3 is 2.76 bits per heavy atom. The van der Waals surface area contributed by atoms with Gasteiger partial charge in [-0.25, -0.2) is 0 Å². The number of likely N-dealkylation sites (N-methyl/N-ethyl adjacent to an activating group) is 1. The molecule has 1 aromatic rings. The minimum atomic E-state index is -0.259. The second-order valence-corrected chi connectivity index (χ2v) is 6.68. The molecule has 0 spiro atoms. The number of aryl methyl sites for hydroxylation is 1. The zero-order valence-corrected chi connectivity index (χ0v) is 14.8. The molecule has 0 aromatic carbocycles. The van der Waals surface area contributed by atoms with Crippen molar-refractivity contribution in [3.63, 3.8) is 0 Å². The lowest BCUT2D eigenvalue weighted by Crippen LogP contribution is -2.49. The number of carbonyl (C=O) groups excluding carboxylic acids is 2. The Morgan fingerprint density at radius 2 is 2.12 bits per heavy atom. The van der Waals surface area contributed by atoms with Crippen molar-refractivity contribution in [1.82, 2.24) is 20.7 Å². The van der Waals surface area contributed by atoms with Crippen molar-refractivity contribution in [1.29, 1.82) is 0 Å². The van der Waals surface area contributed by atoms with Crippen molar-refractivity contribution in [2.75, 3.05) is 26.3 Å². The Labute approximate surface area is 147 Å². The van der Waals surface area contributed by atoms with Gasteiger partial charge in [0.05, 0.1) is 6.04 Å². The van der Waals surface area contributed by atoms with E-state index >= 15 is 0 Å². The molecule has 0 radical (unpaired) electrons. The molecule has 0 unspecified atom stereocenters. The van der Waals surface area contributed by atoms with Gasteiger partial charge < -0.3 is 19.9 Å². The van der Waals surface area contributed by atoms with Crippen LogP contribution in [0, 0.1) is 6.92 Å². The van der Waals surface area contributed by atoms with Crippen molar-refractivity contribution in [2.24, 2.45) is 0 Å². The smallest absolute Gasteiger partial charge is 0.273 e. The van der Waals surface area contributed by atoms with Gasteiger partial charge in [-0.3, -0.25) is 14.5 Å². The summed E-state index contributed by atoms with van der Waals surface area (Å²) in [6.07, 6.45) is 2.43. The van der Waals surface area contributed by atoms with Gasteiger partial charge in [-0.1, -0.05) is 5.16 Å². The fraction of sp³-hybridized carbons (Fsp3) is 0.706. The van der Waals surface area contributed by atoms with Gasteiger partial charge in [0.2, 0.25) is 5.91 Å². The first-order chi connectivity index (χ1) is 12.1. The topological polar surface area (TPSA) is 96.7 Å². The van der Waals surface area contributed by atoms with Gasteiger partial charge in [0, 0.05) is 44.5 Å². The van der Waals surface area contributed by atoms with Crippen LogP contribution in [-0.4, -0.2) is 66.3 Å². The number of carbonyl (C=O) groups is 2. The summed E-state index contributed by atoms with van der Waals surface area (Å²) >= 11 is 0. The van der Waals surface area contributed by atoms with Gasteiger partial charge in [-0.05, 0) is 33.1 Å². The van der Waals surface area contributed by atoms with E-state index in [1.807, 2.05) is 6.92 Å². The second-order valence-electron chi connectivity index (χ2n) is 6.68. The molecule has 8 nitrogen and oxygen atoms in total. The van der Waals surface area contributed by atoms with Gasteiger partial charge in [0.15, 0.2) is 5.69 Å². The first-order valence-electron chi connectivity index (χ1n) is 8.94. The lowest BCUT2D eigenvalue weighted by molar-refractivity contribution is -0.126. The molecule has 8 heteroatoms. The van der Waals surface area contributed by atoms with E-state index in [0.29, 0.717) is 31.3 Å². The van der Waals surface area contributed by atoms with E-state index in [4.69, 9.17) is 9.26 Å². The summed E-state index contributed by atoms with van der Waals surface area (Å²) in [5, 5.41) is 9.66. The summed E-state index contributed by atoms with van der Waals surface area (Å²) in [5.74, 6) is 0.369. The first kappa shape index (κ1) is 17.9. The number of ether oxygens (including phenoxy) is 1. The molecule has 2 saturated heterocycles. The van der Waals surface area contributed by atoms with Crippen LogP contribution in [0.15, 0.2) is 10.6 Å². The lowest BCUT2D eigenvalue weighted by atomic mass is 10.1. The van der Waals surface area contributed by atoms with Crippen LogP contribution in [0.25, 0.3) is 0 Å². The van der Waals surface area contributed by atoms with Gasteiger partial charge in [-0.15, -0.1) is 0 Å². The molecule has 1 aromatic heterocycles. The molecule has 2 fully saturated rings. The molecule has 2 atom stereocenters. The van der Waals surface area contributed by atoms with E-state index in [0.717, 1.165) is 26.1 Å². The van der Waals surface area contributed by atoms with Gasteiger partial charge in [0.1, 0.15) is 5.76 Å². The summed E-state index contributed by atoms with van der Waals surface area (Å²) in [4.78, 5) is 27.0. The molecule has 2 aliphatic heterocycles. The highest BCUT2D eigenvalue weighted by molar-refractivity contribution is 5.92. The van der Waals surface area contributed by atoms with Crippen LogP contribution in [0.4, 0.5) is 0 Å². The predicted molar refractivity (Wildman–Crippen MR) is 90.1 cm³/mol. The predicted octanol–water partition coefficient (Wildman–Crippen LogP) is 0.471.